The molecule has 0 aliphatic carbocycles. The highest BCUT2D eigenvalue weighted by Crippen LogP contribution is 2.13. The van der Waals surface area contributed by atoms with Gasteiger partial charge in [0.2, 0.25) is 5.91 Å². The van der Waals surface area contributed by atoms with Gasteiger partial charge in [-0.05, 0) is 19.9 Å². The number of hydrogen-bond acceptors (Lipinski definition) is 3. The van der Waals surface area contributed by atoms with Crippen LogP contribution in [0.5, 0.6) is 0 Å². The Balaban J connectivity index is 1.88. The first-order chi connectivity index (χ1) is 7.27. The summed E-state index contributed by atoms with van der Waals surface area (Å²) in [6.07, 6.45) is 4.47. The van der Waals surface area contributed by atoms with E-state index in [-0.39, 0.29) is 17.9 Å². The van der Waals surface area contributed by atoms with Crippen molar-refractivity contribution in [1.82, 2.24) is 20.8 Å². The largest absolute Gasteiger partial charge is 0.349 e. The first-order valence-electron chi connectivity index (χ1n) is 5.27. The van der Waals surface area contributed by atoms with Gasteiger partial charge in [0.05, 0.1) is 18.2 Å². The molecule has 0 spiro atoms. The van der Waals surface area contributed by atoms with Crippen molar-refractivity contribution >= 4 is 5.91 Å². The maximum atomic E-state index is 11.8. The number of aromatic amines is 1. The lowest BCUT2D eigenvalue weighted by Gasteiger charge is -2.15. The minimum atomic E-state index is 0.0249. The van der Waals surface area contributed by atoms with E-state index >= 15 is 0 Å². The Bertz CT molecular complexity index is 316. The fourth-order valence-corrected chi connectivity index (χ4v) is 1.79. The average Bonchev–Trinajstić information content (AvgIpc) is 2.91. The molecule has 1 aliphatic rings. The fraction of sp³-hybridized carbons (Fsp3) is 0.600. The van der Waals surface area contributed by atoms with E-state index in [0.29, 0.717) is 0 Å². The lowest BCUT2D eigenvalue weighted by atomic mass is 10.1. The molecular formula is C10H16N4O. The van der Waals surface area contributed by atoms with Crippen LogP contribution in [0.25, 0.3) is 0 Å². The molecule has 1 fully saturated rings. The normalized spacial score (nSPS) is 22.6. The maximum Gasteiger partial charge on any atom is 0.224 e. The smallest absolute Gasteiger partial charge is 0.224 e. The van der Waals surface area contributed by atoms with Crippen LogP contribution in [-0.2, 0) is 4.79 Å². The molecule has 1 aromatic heterocycles. The Labute approximate surface area is 88.6 Å². The third-order valence-electron chi connectivity index (χ3n) is 2.81. The van der Waals surface area contributed by atoms with Crippen molar-refractivity contribution in [2.75, 3.05) is 13.1 Å². The molecule has 0 aromatic carbocycles. The number of hydrogen-bond donors (Lipinski definition) is 3. The van der Waals surface area contributed by atoms with Gasteiger partial charge in [0.25, 0.3) is 0 Å². The highest BCUT2D eigenvalue weighted by atomic mass is 16.2. The Morgan fingerprint density at radius 3 is 3.20 bits per heavy atom. The second-order valence-corrected chi connectivity index (χ2v) is 3.95. The summed E-state index contributed by atoms with van der Waals surface area (Å²) in [6.45, 7) is 3.70. The van der Waals surface area contributed by atoms with Gasteiger partial charge in [-0.3, -0.25) is 9.89 Å². The van der Waals surface area contributed by atoms with Gasteiger partial charge in [0.15, 0.2) is 0 Å². The summed E-state index contributed by atoms with van der Waals surface area (Å²) in [5, 5.41) is 12.8. The van der Waals surface area contributed by atoms with Crippen molar-refractivity contribution in [2.24, 2.45) is 5.92 Å². The van der Waals surface area contributed by atoms with E-state index < -0.39 is 0 Å². The van der Waals surface area contributed by atoms with Crippen LogP contribution < -0.4 is 10.6 Å². The second kappa shape index (κ2) is 4.44. The lowest BCUT2D eigenvalue weighted by molar-refractivity contribution is -0.125. The van der Waals surface area contributed by atoms with Crippen LogP contribution >= 0.6 is 0 Å². The minimum Gasteiger partial charge on any atom is -0.349 e. The number of carbonyl (C=O) groups is 1. The summed E-state index contributed by atoms with van der Waals surface area (Å²) in [5.41, 5.74) is 1.01. The van der Waals surface area contributed by atoms with Crippen molar-refractivity contribution in [3.63, 3.8) is 0 Å². The summed E-state index contributed by atoms with van der Waals surface area (Å²) in [4.78, 5) is 11.8. The Morgan fingerprint density at radius 1 is 1.73 bits per heavy atom. The molecule has 2 rings (SSSR count). The molecule has 1 amide bonds. The molecule has 5 nitrogen and oxygen atoms in total. The molecule has 1 saturated heterocycles. The second-order valence-electron chi connectivity index (χ2n) is 3.95. The number of nitrogens with one attached hydrogen (secondary N) is 3. The van der Waals surface area contributed by atoms with Gasteiger partial charge in [0.1, 0.15) is 0 Å². The van der Waals surface area contributed by atoms with E-state index in [1.54, 1.807) is 12.4 Å². The minimum absolute atomic E-state index is 0.0249. The topological polar surface area (TPSA) is 69.8 Å². The molecule has 0 bridgehead atoms. The van der Waals surface area contributed by atoms with Crippen LogP contribution in [-0.4, -0.2) is 29.2 Å². The van der Waals surface area contributed by atoms with Gasteiger partial charge in [-0.1, -0.05) is 0 Å². The number of amides is 1. The third-order valence-corrected chi connectivity index (χ3v) is 2.81. The summed E-state index contributed by atoms with van der Waals surface area (Å²) < 4.78 is 0. The quantitative estimate of drug-likeness (QED) is 0.664. The van der Waals surface area contributed by atoms with Crippen LogP contribution in [0.15, 0.2) is 12.4 Å². The molecule has 1 aliphatic heterocycles. The molecule has 5 heteroatoms. The molecule has 1 aromatic rings. The van der Waals surface area contributed by atoms with Gasteiger partial charge >= 0.3 is 0 Å². The predicted molar refractivity (Wildman–Crippen MR) is 56.1 cm³/mol. The van der Waals surface area contributed by atoms with Crippen LogP contribution in [0.2, 0.25) is 0 Å². The van der Waals surface area contributed by atoms with E-state index in [9.17, 15) is 4.79 Å². The fourth-order valence-electron chi connectivity index (χ4n) is 1.79. The summed E-state index contributed by atoms with van der Waals surface area (Å²) in [6, 6.07) is 0.0249. The summed E-state index contributed by atoms with van der Waals surface area (Å²) >= 11 is 0. The van der Waals surface area contributed by atoms with Crippen LogP contribution in [0.1, 0.15) is 24.9 Å². The molecule has 82 valence electrons. The first-order valence-corrected chi connectivity index (χ1v) is 5.27. The zero-order valence-corrected chi connectivity index (χ0v) is 8.79. The molecular weight excluding hydrogens is 192 g/mol. The van der Waals surface area contributed by atoms with E-state index in [0.717, 1.165) is 25.1 Å². The highest BCUT2D eigenvalue weighted by Gasteiger charge is 2.23. The average molecular weight is 208 g/mol. The Kier molecular flexibility index (Phi) is 3.01. The van der Waals surface area contributed by atoms with Crippen molar-refractivity contribution < 1.29 is 4.79 Å². The zero-order valence-electron chi connectivity index (χ0n) is 8.79. The van der Waals surface area contributed by atoms with Gasteiger partial charge < -0.3 is 10.6 Å². The van der Waals surface area contributed by atoms with Crippen LogP contribution in [0.4, 0.5) is 0 Å². The summed E-state index contributed by atoms with van der Waals surface area (Å²) in [7, 11) is 0. The summed E-state index contributed by atoms with van der Waals surface area (Å²) in [5.74, 6) is 0.257. The van der Waals surface area contributed by atoms with Gasteiger partial charge in [-0.15, -0.1) is 0 Å². The van der Waals surface area contributed by atoms with Crippen molar-refractivity contribution in [3.8, 4) is 0 Å². The lowest BCUT2D eigenvalue weighted by Crippen LogP contribution is -2.33. The van der Waals surface area contributed by atoms with Crippen LogP contribution in [0.3, 0.4) is 0 Å². The maximum absolute atomic E-state index is 11.8. The number of rotatable bonds is 3. The highest BCUT2D eigenvalue weighted by molar-refractivity contribution is 5.79. The predicted octanol–water partition coefficient (Wildman–Crippen LogP) is 0.196. The number of carbonyl (C=O) groups excluding carboxylic acids is 1. The van der Waals surface area contributed by atoms with Gasteiger partial charge in [-0.25, -0.2) is 0 Å². The van der Waals surface area contributed by atoms with Gasteiger partial charge in [-0.2, -0.15) is 5.10 Å². The molecule has 15 heavy (non-hydrogen) atoms. The van der Waals surface area contributed by atoms with Crippen molar-refractivity contribution in [2.45, 2.75) is 19.4 Å². The van der Waals surface area contributed by atoms with Crippen LogP contribution in [0, 0.1) is 5.92 Å². The number of aromatic nitrogens is 2. The Hall–Kier alpha value is -1.36. The zero-order chi connectivity index (χ0) is 10.7. The number of nitrogens with zero attached hydrogens (tertiary/aromatic N) is 1. The van der Waals surface area contributed by atoms with E-state index in [2.05, 4.69) is 20.8 Å². The van der Waals surface area contributed by atoms with E-state index in [1.807, 2.05) is 6.92 Å². The SMILES string of the molecule is CC(NC(=O)C1CCNC1)c1cn[nH]c1. The molecule has 0 saturated carbocycles. The van der Waals surface area contributed by atoms with Gasteiger partial charge in [0, 0.05) is 18.3 Å². The molecule has 2 atom stereocenters. The monoisotopic (exact) mass is 208 g/mol. The van der Waals surface area contributed by atoms with Crippen molar-refractivity contribution in [3.05, 3.63) is 18.0 Å². The molecule has 2 heterocycles. The Morgan fingerprint density at radius 2 is 2.60 bits per heavy atom. The first kappa shape index (κ1) is 10.2. The van der Waals surface area contributed by atoms with E-state index in [4.69, 9.17) is 0 Å². The number of H-pyrrole nitrogens is 1. The third kappa shape index (κ3) is 2.36. The van der Waals surface area contributed by atoms with Crippen molar-refractivity contribution in [1.29, 1.82) is 0 Å². The molecule has 3 N–H and O–H groups in total. The van der Waals surface area contributed by atoms with E-state index in [1.165, 1.54) is 0 Å². The molecule has 2 unspecified atom stereocenters. The standard InChI is InChI=1S/C10H16N4O/c1-7(9-5-12-13-6-9)14-10(15)8-2-3-11-4-8/h5-8,11H,2-4H2,1H3,(H,12,13)(H,14,15). The molecule has 0 radical (unpaired) electrons.